The van der Waals surface area contributed by atoms with Crippen molar-refractivity contribution in [3.05, 3.63) is 17.4 Å². The number of piperidine rings is 1. The average Bonchev–Trinajstić information content (AvgIpc) is 3.04. The number of rotatable bonds is 5. The lowest BCUT2D eigenvalue weighted by Crippen LogP contribution is -2.45. The van der Waals surface area contributed by atoms with Crippen molar-refractivity contribution in [1.82, 2.24) is 14.9 Å². The quantitative estimate of drug-likeness (QED) is 0.900. The molecule has 1 N–H and O–H groups in total. The number of aromatic nitrogens is 2. The van der Waals surface area contributed by atoms with Crippen LogP contribution in [0.5, 0.6) is 0 Å². The Kier molecular flexibility index (Phi) is 5.31. The van der Waals surface area contributed by atoms with Crippen LogP contribution in [0.4, 0.5) is 5.95 Å². The highest BCUT2D eigenvalue weighted by Crippen LogP contribution is 2.30. The molecule has 116 valence electrons. The summed E-state index contributed by atoms with van der Waals surface area (Å²) in [6.45, 7) is 2.24. The summed E-state index contributed by atoms with van der Waals surface area (Å²) in [5, 5.41) is 3.91. The van der Waals surface area contributed by atoms with Gasteiger partial charge in [0.15, 0.2) is 0 Å². The maximum Gasteiger partial charge on any atom is 0.222 e. The molecule has 0 aromatic carbocycles. The molecule has 0 amide bonds. The third kappa shape index (κ3) is 4.07. The Morgan fingerprint density at radius 3 is 2.57 bits per heavy atom. The molecule has 1 aromatic rings. The smallest absolute Gasteiger partial charge is 0.222 e. The standard InChI is InChI=1S/C16H25ClN4/c17-13-11-19-16(20-12-13)18-9-8-15-7-3-4-10-21(15)14-5-1-2-6-14/h11-12,14-15H,1-10H2,(H,18,19,20). The number of likely N-dealkylation sites (tertiary alicyclic amines) is 1. The molecule has 4 nitrogen and oxygen atoms in total. The van der Waals surface area contributed by atoms with E-state index in [1.807, 2.05) is 0 Å². The van der Waals surface area contributed by atoms with Crippen molar-refractivity contribution in [1.29, 1.82) is 0 Å². The van der Waals surface area contributed by atoms with Crippen molar-refractivity contribution >= 4 is 17.5 Å². The first-order valence-corrected chi connectivity index (χ1v) is 8.68. The van der Waals surface area contributed by atoms with E-state index in [1.165, 1.54) is 57.9 Å². The average molecular weight is 309 g/mol. The van der Waals surface area contributed by atoms with Gasteiger partial charge in [0, 0.05) is 18.6 Å². The van der Waals surface area contributed by atoms with Crippen LogP contribution in [-0.4, -0.2) is 40.0 Å². The van der Waals surface area contributed by atoms with Gasteiger partial charge in [-0.15, -0.1) is 0 Å². The molecule has 21 heavy (non-hydrogen) atoms. The summed E-state index contributed by atoms with van der Waals surface area (Å²) in [5.41, 5.74) is 0. The Bertz CT molecular complexity index is 430. The molecule has 2 heterocycles. The van der Waals surface area contributed by atoms with Crippen LogP contribution in [-0.2, 0) is 0 Å². The fourth-order valence-corrected chi connectivity index (χ4v) is 3.90. The van der Waals surface area contributed by atoms with Crippen LogP contribution in [0.3, 0.4) is 0 Å². The Morgan fingerprint density at radius 1 is 1.10 bits per heavy atom. The number of anilines is 1. The number of halogens is 1. The van der Waals surface area contributed by atoms with E-state index >= 15 is 0 Å². The summed E-state index contributed by atoms with van der Waals surface area (Å²) in [7, 11) is 0. The van der Waals surface area contributed by atoms with E-state index in [0.29, 0.717) is 11.0 Å². The summed E-state index contributed by atoms with van der Waals surface area (Å²) in [5.74, 6) is 0.683. The molecular formula is C16H25ClN4. The van der Waals surface area contributed by atoms with Crippen LogP contribution in [0.1, 0.15) is 51.4 Å². The lowest BCUT2D eigenvalue weighted by atomic mass is 9.96. The Labute approximate surface area is 132 Å². The Morgan fingerprint density at radius 2 is 1.81 bits per heavy atom. The molecule has 1 aliphatic carbocycles. The van der Waals surface area contributed by atoms with Crippen molar-refractivity contribution in [2.24, 2.45) is 0 Å². The molecule has 1 aliphatic heterocycles. The van der Waals surface area contributed by atoms with Gasteiger partial charge in [-0.05, 0) is 38.6 Å². The molecule has 2 aliphatic rings. The molecule has 2 fully saturated rings. The monoisotopic (exact) mass is 308 g/mol. The zero-order valence-corrected chi connectivity index (χ0v) is 13.4. The summed E-state index contributed by atoms with van der Waals surface area (Å²) in [6.07, 6.45) is 14.2. The van der Waals surface area contributed by atoms with Gasteiger partial charge in [0.2, 0.25) is 5.95 Å². The van der Waals surface area contributed by atoms with Gasteiger partial charge in [-0.25, -0.2) is 9.97 Å². The fraction of sp³-hybridized carbons (Fsp3) is 0.750. The molecule has 0 radical (unpaired) electrons. The van der Waals surface area contributed by atoms with Crippen molar-refractivity contribution < 1.29 is 0 Å². The number of nitrogens with zero attached hydrogens (tertiary/aromatic N) is 3. The highest BCUT2D eigenvalue weighted by atomic mass is 35.5. The van der Waals surface area contributed by atoms with E-state index in [4.69, 9.17) is 11.6 Å². The van der Waals surface area contributed by atoms with Crippen LogP contribution < -0.4 is 5.32 Å². The lowest BCUT2D eigenvalue weighted by molar-refractivity contribution is 0.0933. The first-order chi connectivity index (χ1) is 10.3. The first-order valence-electron chi connectivity index (χ1n) is 8.30. The van der Waals surface area contributed by atoms with Gasteiger partial charge in [0.1, 0.15) is 0 Å². The summed E-state index contributed by atoms with van der Waals surface area (Å²) >= 11 is 5.80. The van der Waals surface area contributed by atoms with Gasteiger partial charge in [-0.2, -0.15) is 0 Å². The maximum absolute atomic E-state index is 5.80. The van der Waals surface area contributed by atoms with Gasteiger partial charge in [-0.3, -0.25) is 4.90 Å². The van der Waals surface area contributed by atoms with Crippen molar-refractivity contribution in [2.75, 3.05) is 18.4 Å². The predicted molar refractivity (Wildman–Crippen MR) is 86.7 cm³/mol. The van der Waals surface area contributed by atoms with Crippen LogP contribution in [0.15, 0.2) is 12.4 Å². The first kappa shape index (κ1) is 15.0. The fourth-order valence-electron chi connectivity index (χ4n) is 3.80. The van der Waals surface area contributed by atoms with Gasteiger partial charge in [-0.1, -0.05) is 30.9 Å². The third-order valence-electron chi connectivity index (χ3n) is 4.85. The number of hydrogen-bond acceptors (Lipinski definition) is 4. The van der Waals surface area contributed by atoms with E-state index in [2.05, 4.69) is 20.2 Å². The minimum atomic E-state index is 0.584. The van der Waals surface area contributed by atoms with Crippen LogP contribution in [0.2, 0.25) is 5.02 Å². The highest BCUT2D eigenvalue weighted by Gasteiger charge is 2.30. The van der Waals surface area contributed by atoms with Crippen LogP contribution in [0, 0.1) is 0 Å². The summed E-state index contributed by atoms with van der Waals surface area (Å²) in [6, 6.07) is 1.59. The molecule has 0 bridgehead atoms. The summed E-state index contributed by atoms with van der Waals surface area (Å²) < 4.78 is 0. The molecule has 1 unspecified atom stereocenters. The van der Waals surface area contributed by atoms with Crippen LogP contribution in [0.25, 0.3) is 0 Å². The predicted octanol–water partition coefficient (Wildman–Crippen LogP) is 3.73. The summed E-state index contributed by atoms with van der Waals surface area (Å²) in [4.78, 5) is 11.2. The molecule has 1 aromatic heterocycles. The maximum atomic E-state index is 5.80. The van der Waals surface area contributed by atoms with Crippen molar-refractivity contribution in [2.45, 2.75) is 63.5 Å². The third-order valence-corrected chi connectivity index (χ3v) is 5.04. The molecule has 1 atom stereocenters. The highest BCUT2D eigenvalue weighted by molar-refractivity contribution is 6.30. The molecule has 3 rings (SSSR count). The normalized spacial score (nSPS) is 24.3. The molecular weight excluding hydrogens is 284 g/mol. The largest absolute Gasteiger partial charge is 0.354 e. The molecule has 0 spiro atoms. The number of nitrogens with one attached hydrogen (secondary N) is 1. The molecule has 1 saturated heterocycles. The lowest BCUT2D eigenvalue weighted by Gasteiger charge is -2.40. The zero-order valence-electron chi connectivity index (χ0n) is 12.6. The Hall–Kier alpha value is -0.870. The molecule has 1 saturated carbocycles. The van der Waals surface area contributed by atoms with Gasteiger partial charge in [0.25, 0.3) is 0 Å². The van der Waals surface area contributed by atoms with Gasteiger partial charge in [0.05, 0.1) is 17.4 Å². The van der Waals surface area contributed by atoms with E-state index in [0.717, 1.165) is 18.6 Å². The van der Waals surface area contributed by atoms with E-state index in [9.17, 15) is 0 Å². The second kappa shape index (κ2) is 7.41. The minimum absolute atomic E-state index is 0.584. The van der Waals surface area contributed by atoms with E-state index in [-0.39, 0.29) is 0 Å². The topological polar surface area (TPSA) is 41.1 Å². The van der Waals surface area contributed by atoms with Gasteiger partial charge < -0.3 is 5.32 Å². The number of hydrogen-bond donors (Lipinski definition) is 1. The molecule has 5 heteroatoms. The van der Waals surface area contributed by atoms with Crippen molar-refractivity contribution in [3.63, 3.8) is 0 Å². The SMILES string of the molecule is Clc1cnc(NCCC2CCCCN2C2CCCC2)nc1. The Balaban J connectivity index is 1.49. The van der Waals surface area contributed by atoms with Gasteiger partial charge >= 0.3 is 0 Å². The van der Waals surface area contributed by atoms with Crippen LogP contribution >= 0.6 is 11.6 Å². The minimum Gasteiger partial charge on any atom is -0.354 e. The van der Waals surface area contributed by atoms with E-state index in [1.54, 1.807) is 12.4 Å². The zero-order chi connectivity index (χ0) is 14.5. The second-order valence-corrected chi connectivity index (χ2v) is 6.70. The van der Waals surface area contributed by atoms with Crippen molar-refractivity contribution in [3.8, 4) is 0 Å². The van der Waals surface area contributed by atoms with E-state index < -0.39 is 0 Å². The second-order valence-electron chi connectivity index (χ2n) is 6.27.